The van der Waals surface area contributed by atoms with Gasteiger partial charge in [0, 0.05) is 23.5 Å². The Balaban J connectivity index is 1.89. The first-order valence-electron chi connectivity index (χ1n) is 5.18. The molecule has 1 aromatic rings. The third-order valence-electron chi connectivity index (χ3n) is 3.29. The van der Waals surface area contributed by atoms with Crippen LogP contribution in [0, 0.1) is 5.92 Å². The van der Waals surface area contributed by atoms with Gasteiger partial charge in [-0.1, -0.05) is 0 Å². The van der Waals surface area contributed by atoms with E-state index in [9.17, 15) is 4.79 Å². The molecule has 7 heteroatoms. The second-order valence-electron chi connectivity index (χ2n) is 4.17. The zero-order chi connectivity index (χ0) is 11.0. The average Bonchev–Trinajstić information content (AvgIpc) is 2.89. The van der Waals surface area contributed by atoms with E-state index in [1.165, 1.54) is 16.4 Å². The van der Waals surface area contributed by atoms with Crippen LogP contribution in [0.2, 0.25) is 0 Å². The molecule has 2 saturated heterocycles. The van der Waals surface area contributed by atoms with E-state index in [-0.39, 0.29) is 5.54 Å². The van der Waals surface area contributed by atoms with E-state index in [2.05, 4.69) is 9.85 Å². The highest BCUT2D eigenvalue weighted by Gasteiger charge is 2.52. The van der Waals surface area contributed by atoms with Crippen LogP contribution in [0.3, 0.4) is 0 Å². The van der Waals surface area contributed by atoms with Crippen LogP contribution >= 0.6 is 11.5 Å². The lowest BCUT2D eigenvalue weighted by Gasteiger charge is -2.25. The monoisotopic (exact) mass is 236 g/mol. The van der Waals surface area contributed by atoms with E-state index in [1.54, 1.807) is 13.6 Å². The highest BCUT2D eigenvalue weighted by atomic mass is 32.1. The van der Waals surface area contributed by atoms with Crippen molar-refractivity contribution in [3.8, 4) is 0 Å². The summed E-state index contributed by atoms with van der Waals surface area (Å²) in [5.41, 5.74) is 2.94. The lowest BCUT2D eigenvalue weighted by atomic mass is 9.88. The Labute approximate surface area is 98.2 Å². The van der Waals surface area contributed by atoms with E-state index in [1.807, 2.05) is 10.9 Å². The summed E-state index contributed by atoms with van der Waals surface area (Å²) in [6, 6.07) is 2.02. The second-order valence-corrected chi connectivity index (χ2v) is 5.01. The van der Waals surface area contributed by atoms with Gasteiger partial charge in [-0.3, -0.25) is 0 Å². The molecule has 0 amide bonds. The Morgan fingerprint density at radius 3 is 3.50 bits per heavy atom. The minimum absolute atomic E-state index is 0.180. The highest BCUT2D eigenvalue weighted by Crippen LogP contribution is 2.41. The van der Waals surface area contributed by atoms with Gasteiger partial charge >= 0.3 is 0 Å². The molecule has 0 aromatic carbocycles. The van der Waals surface area contributed by atoms with E-state index >= 15 is 0 Å². The maximum absolute atomic E-state index is 10.5. The standard InChI is InChI=1S/C9H11BN3O2S/c14-6-10-13-3-7-4-15-12-9(7,5-13)8-1-2-11-16-8/h1-2,6-7,12H,3-5H2. The van der Waals surface area contributed by atoms with Gasteiger partial charge in [0.2, 0.25) is 0 Å². The number of nitrogens with zero attached hydrogens (tertiary/aromatic N) is 2. The zero-order valence-electron chi connectivity index (χ0n) is 8.63. The van der Waals surface area contributed by atoms with Gasteiger partial charge in [0.05, 0.1) is 18.3 Å². The number of rotatable bonds is 3. The Hall–Kier alpha value is -0.755. The predicted octanol–water partition coefficient (Wildman–Crippen LogP) is -0.386. The van der Waals surface area contributed by atoms with Crippen LogP contribution in [-0.4, -0.2) is 42.5 Å². The average molecular weight is 236 g/mol. The fourth-order valence-electron chi connectivity index (χ4n) is 2.51. The lowest BCUT2D eigenvalue weighted by molar-refractivity contribution is 0.0554. The van der Waals surface area contributed by atoms with Gasteiger partial charge in [0.15, 0.2) is 0 Å². The smallest absolute Gasteiger partial charge is 0.293 e. The summed E-state index contributed by atoms with van der Waals surface area (Å²) in [4.78, 5) is 19.1. The zero-order valence-corrected chi connectivity index (χ0v) is 9.44. The van der Waals surface area contributed by atoms with Crippen molar-refractivity contribution in [2.75, 3.05) is 19.7 Å². The van der Waals surface area contributed by atoms with Crippen LogP contribution in [0.25, 0.3) is 0 Å². The van der Waals surface area contributed by atoms with Crippen molar-refractivity contribution < 1.29 is 9.63 Å². The predicted molar refractivity (Wildman–Crippen MR) is 60.4 cm³/mol. The minimum Gasteiger partial charge on any atom is -0.337 e. The number of carbonyl (C=O) groups is 1. The van der Waals surface area contributed by atoms with Gasteiger partial charge in [-0.05, 0) is 24.1 Å². The fourth-order valence-corrected chi connectivity index (χ4v) is 3.30. The molecule has 0 spiro atoms. The molecule has 2 fully saturated rings. The van der Waals surface area contributed by atoms with Crippen molar-refractivity contribution in [3.63, 3.8) is 0 Å². The molecule has 3 heterocycles. The molecule has 3 rings (SSSR count). The third kappa shape index (κ3) is 1.43. The van der Waals surface area contributed by atoms with Gasteiger partial charge in [0.1, 0.15) is 0 Å². The first-order chi connectivity index (χ1) is 7.85. The van der Waals surface area contributed by atoms with Crippen molar-refractivity contribution in [3.05, 3.63) is 17.1 Å². The number of aromatic nitrogens is 1. The molecule has 5 nitrogen and oxygen atoms in total. The first-order valence-corrected chi connectivity index (χ1v) is 5.95. The van der Waals surface area contributed by atoms with Gasteiger partial charge < -0.3 is 14.4 Å². The highest BCUT2D eigenvalue weighted by molar-refractivity contribution is 7.05. The van der Waals surface area contributed by atoms with Crippen LogP contribution in [-0.2, 0) is 15.2 Å². The molecule has 16 heavy (non-hydrogen) atoms. The maximum Gasteiger partial charge on any atom is 0.293 e. The Kier molecular flexibility index (Phi) is 2.55. The van der Waals surface area contributed by atoms with Gasteiger partial charge in [-0.25, -0.2) is 4.37 Å². The summed E-state index contributed by atoms with van der Waals surface area (Å²) in [5, 5.41) is 0. The summed E-state index contributed by atoms with van der Waals surface area (Å²) in [6.07, 6.45) is 2.64. The topological polar surface area (TPSA) is 54.5 Å². The van der Waals surface area contributed by atoms with Gasteiger partial charge in [0.25, 0.3) is 7.41 Å². The van der Waals surface area contributed by atoms with Crippen LogP contribution in [0.5, 0.6) is 0 Å². The quantitative estimate of drug-likeness (QED) is 0.572. The lowest BCUT2D eigenvalue weighted by Crippen LogP contribution is -2.43. The molecule has 1 radical (unpaired) electrons. The largest absolute Gasteiger partial charge is 0.337 e. The molecular formula is C9H11BN3O2S. The molecule has 2 atom stereocenters. The molecule has 2 aliphatic rings. The Morgan fingerprint density at radius 1 is 1.81 bits per heavy atom. The summed E-state index contributed by atoms with van der Waals surface area (Å²) < 4.78 is 4.14. The Morgan fingerprint density at radius 2 is 2.75 bits per heavy atom. The van der Waals surface area contributed by atoms with Crippen LogP contribution < -0.4 is 5.48 Å². The van der Waals surface area contributed by atoms with E-state index < -0.39 is 0 Å². The van der Waals surface area contributed by atoms with Crippen molar-refractivity contribution in [1.29, 1.82) is 0 Å². The van der Waals surface area contributed by atoms with Crippen LogP contribution in [0.1, 0.15) is 4.88 Å². The van der Waals surface area contributed by atoms with Crippen molar-refractivity contribution in [2.24, 2.45) is 5.92 Å². The molecule has 1 aromatic heterocycles. The number of hydrogen-bond donors (Lipinski definition) is 1. The minimum atomic E-state index is -0.180. The molecule has 2 aliphatic heterocycles. The van der Waals surface area contributed by atoms with Crippen LogP contribution in [0.4, 0.5) is 0 Å². The normalized spacial score (nSPS) is 33.9. The second kappa shape index (κ2) is 3.92. The number of hydroxylamine groups is 1. The molecule has 83 valence electrons. The van der Waals surface area contributed by atoms with Gasteiger partial charge in [-0.15, -0.1) is 0 Å². The molecule has 0 aliphatic carbocycles. The Bertz CT molecular complexity index is 388. The molecular weight excluding hydrogens is 225 g/mol. The number of hydrogen-bond acceptors (Lipinski definition) is 6. The maximum atomic E-state index is 10.5. The molecule has 0 saturated carbocycles. The summed E-state index contributed by atoms with van der Waals surface area (Å²) in [6.45, 7) is 2.29. The molecule has 1 N–H and O–H groups in total. The first kappa shape index (κ1) is 10.4. The summed E-state index contributed by atoms with van der Waals surface area (Å²) >= 11 is 1.49. The van der Waals surface area contributed by atoms with E-state index in [4.69, 9.17) is 4.84 Å². The van der Waals surface area contributed by atoms with Gasteiger partial charge in [-0.2, -0.15) is 5.48 Å². The SMILES string of the molecule is O=C[B]N1CC2CONC2(c2ccns2)C1. The molecule has 2 unspecified atom stereocenters. The summed E-state index contributed by atoms with van der Waals surface area (Å²) in [5.74, 6) is 0.379. The fraction of sp³-hybridized carbons (Fsp3) is 0.556. The van der Waals surface area contributed by atoms with Crippen molar-refractivity contribution in [1.82, 2.24) is 14.7 Å². The van der Waals surface area contributed by atoms with Crippen LogP contribution in [0.15, 0.2) is 12.3 Å². The number of carbonyl (C=O) groups excluding carboxylic acids is 1. The van der Waals surface area contributed by atoms with Crippen molar-refractivity contribution >= 4 is 25.1 Å². The molecule has 0 bridgehead atoms. The summed E-state index contributed by atoms with van der Waals surface area (Å²) in [7, 11) is 1.60. The van der Waals surface area contributed by atoms with Crippen molar-refractivity contribution in [2.45, 2.75) is 5.54 Å². The van der Waals surface area contributed by atoms with E-state index in [0.29, 0.717) is 12.5 Å². The number of nitrogens with one attached hydrogen (secondary N) is 1. The third-order valence-corrected chi connectivity index (χ3v) is 4.22. The van der Waals surface area contributed by atoms with E-state index in [0.717, 1.165) is 19.3 Å². The number of fused-ring (bicyclic) bond motifs is 1.